The molecule has 6 nitrogen and oxygen atoms in total. The number of hydrogen-bond acceptors (Lipinski definition) is 5. The number of nitrogens with zero attached hydrogens (tertiary/aromatic N) is 2. The molecule has 0 saturated carbocycles. The summed E-state index contributed by atoms with van der Waals surface area (Å²) in [6.45, 7) is -0.223. The standard InChI is InChI=1S/C14H12F3N3O3/c15-14(16,17)10-4-1-3-9(7-10)12(21)8-19-13-11(20(22)23)5-2-6-18-13/h1-7,12,21H,8H2,(H,18,19). The van der Waals surface area contributed by atoms with Crippen LogP contribution in [0.15, 0.2) is 42.6 Å². The smallest absolute Gasteiger partial charge is 0.387 e. The van der Waals surface area contributed by atoms with E-state index in [9.17, 15) is 28.4 Å². The van der Waals surface area contributed by atoms with Crippen molar-refractivity contribution in [2.24, 2.45) is 0 Å². The van der Waals surface area contributed by atoms with E-state index in [-0.39, 0.29) is 23.6 Å². The third-order valence-corrected chi connectivity index (χ3v) is 3.04. The molecular weight excluding hydrogens is 315 g/mol. The molecule has 9 heteroatoms. The second-order valence-electron chi connectivity index (χ2n) is 4.65. The van der Waals surface area contributed by atoms with Crippen molar-refractivity contribution in [3.05, 3.63) is 63.8 Å². The average molecular weight is 327 g/mol. The molecule has 0 aliphatic rings. The Balaban J connectivity index is 2.12. The van der Waals surface area contributed by atoms with Gasteiger partial charge in [-0.2, -0.15) is 13.2 Å². The molecule has 1 aromatic heterocycles. The quantitative estimate of drug-likeness (QED) is 0.650. The largest absolute Gasteiger partial charge is 0.416 e. The zero-order valence-corrected chi connectivity index (χ0v) is 11.6. The van der Waals surface area contributed by atoms with Gasteiger partial charge in [-0.05, 0) is 23.8 Å². The molecule has 2 aromatic rings. The van der Waals surface area contributed by atoms with Crippen molar-refractivity contribution >= 4 is 11.5 Å². The molecule has 122 valence electrons. The lowest BCUT2D eigenvalue weighted by atomic mass is 10.1. The fourth-order valence-corrected chi connectivity index (χ4v) is 1.91. The minimum Gasteiger partial charge on any atom is -0.387 e. The van der Waals surface area contributed by atoms with Crippen LogP contribution in [0.5, 0.6) is 0 Å². The van der Waals surface area contributed by atoms with Crippen molar-refractivity contribution in [1.82, 2.24) is 4.98 Å². The maximum atomic E-state index is 12.6. The summed E-state index contributed by atoms with van der Waals surface area (Å²) in [7, 11) is 0. The van der Waals surface area contributed by atoms with Crippen molar-refractivity contribution in [2.75, 3.05) is 11.9 Å². The minimum absolute atomic E-state index is 0.0471. The fourth-order valence-electron chi connectivity index (χ4n) is 1.91. The molecule has 0 aliphatic carbocycles. The third kappa shape index (κ3) is 4.16. The first-order chi connectivity index (χ1) is 10.8. The number of nitro groups is 1. The van der Waals surface area contributed by atoms with Gasteiger partial charge >= 0.3 is 11.9 Å². The lowest BCUT2D eigenvalue weighted by molar-refractivity contribution is -0.384. The van der Waals surface area contributed by atoms with E-state index in [1.54, 1.807) is 0 Å². The number of alkyl halides is 3. The van der Waals surface area contributed by atoms with E-state index in [2.05, 4.69) is 10.3 Å². The Labute approximate surface area is 128 Å². The number of halogens is 3. The summed E-state index contributed by atoms with van der Waals surface area (Å²) in [5.41, 5.74) is -1.12. The highest BCUT2D eigenvalue weighted by Gasteiger charge is 2.30. The summed E-state index contributed by atoms with van der Waals surface area (Å²) in [4.78, 5) is 14.0. The van der Waals surface area contributed by atoms with Crippen LogP contribution in [0.2, 0.25) is 0 Å². The van der Waals surface area contributed by atoms with Gasteiger partial charge in [0.05, 0.1) is 16.6 Å². The molecule has 1 aromatic carbocycles. The van der Waals surface area contributed by atoms with Gasteiger partial charge < -0.3 is 10.4 Å². The van der Waals surface area contributed by atoms with Gasteiger partial charge in [-0.15, -0.1) is 0 Å². The Kier molecular flexibility index (Phi) is 4.80. The van der Waals surface area contributed by atoms with E-state index in [1.165, 1.54) is 30.5 Å². The van der Waals surface area contributed by atoms with Gasteiger partial charge in [0.1, 0.15) is 0 Å². The van der Waals surface area contributed by atoms with E-state index in [4.69, 9.17) is 0 Å². The van der Waals surface area contributed by atoms with E-state index >= 15 is 0 Å². The summed E-state index contributed by atoms with van der Waals surface area (Å²) < 4.78 is 37.9. The van der Waals surface area contributed by atoms with Gasteiger partial charge in [-0.3, -0.25) is 10.1 Å². The Bertz CT molecular complexity index is 707. The van der Waals surface area contributed by atoms with Gasteiger partial charge in [0, 0.05) is 18.8 Å². The van der Waals surface area contributed by atoms with Crippen LogP contribution >= 0.6 is 0 Å². The normalized spacial score (nSPS) is 12.7. The van der Waals surface area contributed by atoms with Crippen LogP contribution in [0.4, 0.5) is 24.7 Å². The molecular formula is C14H12F3N3O3. The highest BCUT2D eigenvalue weighted by molar-refractivity contribution is 5.55. The van der Waals surface area contributed by atoms with E-state index < -0.39 is 22.8 Å². The molecule has 0 bridgehead atoms. The zero-order chi connectivity index (χ0) is 17.0. The number of aromatic nitrogens is 1. The topological polar surface area (TPSA) is 88.3 Å². The summed E-state index contributed by atoms with van der Waals surface area (Å²) >= 11 is 0. The second-order valence-corrected chi connectivity index (χ2v) is 4.65. The van der Waals surface area contributed by atoms with Crippen molar-refractivity contribution in [3.8, 4) is 0 Å². The predicted octanol–water partition coefficient (Wildman–Crippen LogP) is 3.15. The van der Waals surface area contributed by atoms with Crippen LogP contribution in [-0.2, 0) is 6.18 Å². The highest BCUT2D eigenvalue weighted by Crippen LogP contribution is 2.31. The van der Waals surface area contributed by atoms with Crippen LogP contribution in [0.3, 0.4) is 0 Å². The summed E-state index contributed by atoms with van der Waals surface area (Å²) in [6, 6.07) is 6.87. The summed E-state index contributed by atoms with van der Waals surface area (Å²) in [5.74, 6) is -0.0662. The molecule has 0 aliphatic heterocycles. The molecule has 0 spiro atoms. The first-order valence-electron chi connectivity index (χ1n) is 6.47. The number of anilines is 1. The Morgan fingerprint density at radius 3 is 2.70 bits per heavy atom. The van der Waals surface area contributed by atoms with Gasteiger partial charge in [0.2, 0.25) is 5.82 Å². The molecule has 23 heavy (non-hydrogen) atoms. The number of rotatable bonds is 5. The highest BCUT2D eigenvalue weighted by atomic mass is 19.4. The maximum Gasteiger partial charge on any atom is 0.416 e. The SMILES string of the molecule is O=[N+]([O-])c1cccnc1NCC(O)c1cccc(C(F)(F)F)c1. The van der Waals surface area contributed by atoms with Crippen LogP contribution in [0, 0.1) is 10.1 Å². The van der Waals surface area contributed by atoms with Crippen LogP contribution in [-0.4, -0.2) is 21.6 Å². The zero-order valence-electron chi connectivity index (χ0n) is 11.6. The lowest BCUT2D eigenvalue weighted by Gasteiger charge is -2.14. The van der Waals surface area contributed by atoms with Gasteiger partial charge in [0.25, 0.3) is 0 Å². The molecule has 2 rings (SSSR count). The fraction of sp³-hybridized carbons (Fsp3) is 0.214. The minimum atomic E-state index is -4.51. The van der Waals surface area contributed by atoms with Crippen molar-refractivity contribution in [2.45, 2.75) is 12.3 Å². The number of benzene rings is 1. The van der Waals surface area contributed by atoms with Crippen LogP contribution in [0.1, 0.15) is 17.2 Å². The molecule has 1 unspecified atom stereocenters. The Hall–Kier alpha value is -2.68. The first kappa shape index (κ1) is 16.7. The Morgan fingerprint density at radius 2 is 2.04 bits per heavy atom. The van der Waals surface area contributed by atoms with E-state index in [0.29, 0.717) is 0 Å². The molecule has 0 fully saturated rings. The Morgan fingerprint density at radius 1 is 1.30 bits per heavy atom. The molecule has 0 saturated heterocycles. The van der Waals surface area contributed by atoms with Crippen molar-refractivity contribution in [3.63, 3.8) is 0 Å². The first-order valence-corrected chi connectivity index (χ1v) is 6.47. The van der Waals surface area contributed by atoms with Crippen molar-refractivity contribution < 1.29 is 23.2 Å². The van der Waals surface area contributed by atoms with Crippen LogP contribution in [0.25, 0.3) is 0 Å². The van der Waals surface area contributed by atoms with E-state index in [1.807, 2.05) is 0 Å². The molecule has 0 radical (unpaired) electrons. The third-order valence-electron chi connectivity index (χ3n) is 3.04. The van der Waals surface area contributed by atoms with Gasteiger partial charge in [0.15, 0.2) is 0 Å². The molecule has 1 atom stereocenters. The lowest BCUT2D eigenvalue weighted by Crippen LogP contribution is -2.15. The molecule has 2 N–H and O–H groups in total. The number of hydrogen-bond donors (Lipinski definition) is 2. The summed E-state index contributed by atoms with van der Waals surface area (Å²) in [6.07, 6.45) is -4.46. The summed E-state index contributed by atoms with van der Waals surface area (Å²) in [5, 5.41) is 23.4. The monoisotopic (exact) mass is 327 g/mol. The number of nitrogens with one attached hydrogen (secondary N) is 1. The van der Waals surface area contributed by atoms with E-state index in [0.717, 1.165) is 12.1 Å². The average Bonchev–Trinajstić information content (AvgIpc) is 2.52. The maximum absolute atomic E-state index is 12.6. The second kappa shape index (κ2) is 6.61. The molecule has 1 heterocycles. The number of pyridine rings is 1. The van der Waals surface area contributed by atoms with Crippen molar-refractivity contribution in [1.29, 1.82) is 0 Å². The van der Waals surface area contributed by atoms with Crippen LogP contribution < -0.4 is 5.32 Å². The number of aliphatic hydroxyl groups excluding tert-OH is 1. The molecule has 0 amide bonds. The number of aliphatic hydroxyl groups is 1. The van der Waals surface area contributed by atoms with Gasteiger partial charge in [-0.25, -0.2) is 4.98 Å². The predicted molar refractivity (Wildman–Crippen MR) is 75.8 cm³/mol. The van der Waals surface area contributed by atoms with Gasteiger partial charge in [-0.1, -0.05) is 12.1 Å².